The molecule has 0 aromatic heterocycles. The molecule has 2 unspecified atom stereocenters. The molecule has 5 nitrogen and oxygen atoms in total. The number of hydrogen-bond acceptors (Lipinski definition) is 4. The first kappa shape index (κ1) is 15.7. The summed E-state index contributed by atoms with van der Waals surface area (Å²) < 4.78 is 37.0. The number of halogens is 2. The molecule has 1 saturated heterocycles. The maximum atomic E-state index is 13.6. The highest BCUT2D eigenvalue weighted by molar-refractivity contribution is 5.82. The van der Waals surface area contributed by atoms with Crippen LogP contribution in [0.15, 0.2) is 30.3 Å². The Kier molecular flexibility index (Phi) is 3.74. The molecule has 2 aliphatic rings. The van der Waals surface area contributed by atoms with Gasteiger partial charge in [-0.05, 0) is 12.0 Å². The van der Waals surface area contributed by atoms with Crippen molar-refractivity contribution < 1.29 is 27.8 Å². The highest BCUT2D eigenvalue weighted by Crippen LogP contribution is 2.66. The Morgan fingerprint density at radius 3 is 2.52 bits per heavy atom. The fourth-order valence-corrected chi connectivity index (χ4v) is 3.10. The monoisotopic (exact) mass is 325 g/mol. The van der Waals surface area contributed by atoms with Crippen LogP contribution in [0.25, 0.3) is 0 Å². The average Bonchev–Trinajstić information content (AvgIpc) is 2.89. The number of rotatable bonds is 3. The van der Waals surface area contributed by atoms with Gasteiger partial charge in [-0.15, -0.1) is 0 Å². The first-order valence-corrected chi connectivity index (χ1v) is 7.31. The van der Waals surface area contributed by atoms with Crippen molar-refractivity contribution in [2.24, 2.45) is 5.41 Å². The first-order valence-electron chi connectivity index (χ1n) is 7.31. The van der Waals surface area contributed by atoms with E-state index in [2.05, 4.69) is 4.74 Å². The Balaban J connectivity index is 1.69. The van der Waals surface area contributed by atoms with Gasteiger partial charge in [0, 0.05) is 13.0 Å². The number of carbonyl (C=O) groups excluding carboxylic acids is 2. The molecule has 2 fully saturated rings. The zero-order valence-electron chi connectivity index (χ0n) is 12.6. The molecule has 1 aromatic rings. The third-order valence-corrected chi connectivity index (χ3v) is 4.56. The molecule has 1 aliphatic heterocycles. The molecule has 0 bridgehead atoms. The summed E-state index contributed by atoms with van der Waals surface area (Å²) in [5, 5.41) is 0. The van der Waals surface area contributed by atoms with E-state index in [1.807, 2.05) is 6.07 Å². The van der Waals surface area contributed by atoms with Crippen molar-refractivity contribution in [2.75, 3.05) is 13.7 Å². The van der Waals surface area contributed by atoms with Gasteiger partial charge in [0.05, 0.1) is 12.5 Å². The number of methoxy groups -OCH3 is 1. The lowest BCUT2D eigenvalue weighted by molar-refractivity contribution is -0.145. The van der Waals surface area contributed by atoms with Gasteiger partial charge in [-0.1, -0.05) is 30.3 Å². The van der Waals surface area contributed by atoms with E-state index in [9.17, 15) is 18.4 Å². The molecule has 3 rings (SSSR count). The van der Waals surface area contributed by atoms with Gasteiger partial charge in [-0.2, -0.15) is 0 Å². The first-order chi connectivity index (χ1) is 10.9. The van der Waals surface area contributed by atoms with Crippen LogP contribution in [0.2, 0.25) is 0 Å². The number of nitrogens with zero attached hydrogens (tertiary/aromatic N) is 1. The van der Waals surface area contributed by atoms with Gasteiger partial charge < -0.3 is 9.47 Å². The lowest BCUT2D eigenvalue weighted by atomic mass is 10.0. The molecule has 0 radical (unpaired) electrons. The summed E-state index contributed by atoms with van der Waals surface area (Å²) in [6, 6.07) is 7.98. The second-order valence-electron chi connectivity index (χ2n) is 6.07. The molecule has 1 amide bonds. The van der Waals surface area contributed by atoms with Crippen molar-refractivity contribution in [3.63, 3.8) is 0 Å². The van der Waals surface area contributed by atoms with Crippen LogP contribution in [-0.2, 0) is 20.9 Å². The van der Waals surface area contributed by atoms with Crippen molar-refractivity contribution in [3.05, 3.63) is 35.9 Å². The van der Waals surface area contributed by atoms with Gasteiger partial charge in [0.1, 0.15) is 12.6 Å². The summed E-state index contributed by atoms with van der Waals surface area (Å²) in [6.07, 6.45) is -1.17. The van der Waals surface area contributed by atoms with Crippen molar-refractivity contribution >= 4 is 12.1 Å². The van der Waals surface area contributed by atoms with Gasteiger partial charge in [0.15, 0.2) is 0 Å². The number of amides is 1. The predicted molar refractivity (Wildman–Crippen MR) is 75.8 cm³/mol. The molecular weight excluding hydrogens is 308 g/mol. The van der Waals surface area contributed by atoms with Crippen LogP contribution in [-0.4, -0.2) is 42.6 Å². The lowest BCUT2D eigenvalue weighted by Gasteiger charge is -2.21. The zero-order valence-corrected chi connectivity index (χ0v) is 12.6. The number of benzene rings is 1. The van der Waals surface area contributed by atoms with E-state index in [0.717, 1.165) is 10.5 Å². The maximum Gasteiger partial charge on any atom is 0.410 e. The van der Waals surface area contributed by atoms with Crippen LogP contribution in [0.1, 0.15) is 18.4 Å². The third-order valence-electron chi connectivity index (χ3n) is 4.56. The Morgan fingerprint density at radius 2 is 1.96 bits per heavy atom. The summed E-state index contributed by atoms with van der Waals surface area (Å²) in [5.41, 5.74) is -0.529. The number of likely N-dealkylation sites (tertiary alicyclic amines) is 1. The second-order valence-corrected chi connectivity index (χ2v) is 6.07. The molecular formula is C16H17F2NO4. The molecule has 124 valence electrons. The molecule has 1 aliphatic carbocycles. The molecule has 1 saturated carbocycles. The fraction of sp³-hybridized carbons (Fsp3) is 0.500. The van der Waals surface area contributed by atoms with Crippen LogP contribution < -0.4 is 0 Å². The Bertz CT molecular complexity index is 622. The van der Waals surface area contributed by atoms with Crippen molar-refractivity contribution in [3.8, 4) is 0 Å². The molecule has 1 heterocycles. The van der Waals surface area contributed by atoms with E-state index in [1.165, 1.54) is 7.11 Å². The van der Waals surface area contributed by atoms with E-state index >= 15 is 0 Å². The van der Waals surface area contributed by atoms with Crippen molar-refractivity contribution in [1.29, 1.82) is 0 Å². The number of alkyl halides is 2. The molecule has 0 N–H and O–H groups in total. The Hall–Kier alpha value is -2.18. The molecule has 7 heteroatoms. The standard InChI is InChI=1S/C16H17F2NO4/c1-22-13(20)12-7-15(9-16(15,17)18)10-19(12)14(21)23-8-11-5-3-2-4-6-11/h2-6,12H,7-10H2,1H3. The number of hydrogen-bond donors (Lipinski definition) is 0. The van der Waals surface area contributed by atoms with E-state index < -0.39 is 29.4 Å². The second kappa shape index (κ2) is 5.47. The van der Waals surface area contributed by atoms with Crippen LogP contribution in [0.4, 0.5) is 13.6 Å². The zero-order chi connectivity index (χ0) is 16.7. The van der Waals surface area contributed by atoms with Crippen LogP contribution >= 0.6 is 0 Å². The topological polar surface area (TPSA) is 55.8 Å². The smallest absolute Gasteiger partial charge is 0.410 e. The normalized spacial score (nSPS) is 27.8. The number of ether oxygens (including phenoxy) is 2. The highest BCUT2D eigenvalue weighted by Gasteiger charge is 2.75. The molecule has 2 atom stereocenters. The molecule has 1 aromatic carbocycles. The highest BCUT2D eigenvalue weighted by atomic mass is 19.3. The van der Waals surface area contributed by atoms with E-state index in [4.69, 9.17) is 4.74 Å². The number of carbonyl (C=O) groups is 2. The Labute approximate surface area is 132 Å². The quantitative estimate of drug-likeness (QED) is 0.802. The summed E-state index contributed by atoms with van der Waals surface area (Å²) in [4.78, 5) is 25.1. The van der Waals surface area contributed by atoms with Gasteiger partial charge in [-0.25, -0.2) is 18.4 Å². The molecule has 23 heavy (non-hydrogen) atoms. The van der Waals surface area contributed by atoms with Gasteiger partial charge >= 0.3 is 12.1 Å². The Morgan fingerprint density at radius 1 is 1.30 bits per heavy atom. The SMILES string of the molecule is COC(=O)C1CC2(CN1C(=O)OCc1ccccc1)CC2(F)F. The number of esters is 1. The predicted octanol–water partition coefficient (Wildman–Crippen LogP) is 2.60. The molecule has 1 spiro atoms. The summed E-state index contributed by atoms with van der Waals surface area (Å²) in [7, 11) is 1.17. The fourth-order valence-electron chi connectivity index (χ4n) is 3.10. The van der Waals surface area contributed by atoms with Gasteiger partial charge in [0.2, 0.25) is 0 Å². The van der Waals surface area contributed by atoms with Gasteiger partial charge in [-0.3, -0.25) is 4.90 Å². The van der Waals surface area contributed by atoms with Gasteiger partial charge in [0.25, 0.3) is 5.92 Å². The van der Waals surface area contributed by atoms with Crippen molar-refractivity contribution in [2.45, 2.75) is 31.4 Å². The summed E-state index contributed by atoms with van der Waals surface area (Å²) >= 11 is 0. The third kappa shape index (κ3) is 2.75. The summed E-state index contributed by atoms with van der Waals surface area (Å²) in [5.74, 6) is -3.53. The minimum atomic E-state index is -2.84. The van der Waals surface area contributed by atoms with E-state index in [0.29, 0.717) is 0 Å². The van der Waals surface area contributed by atoms with E-state index in [-0.39, 0.29) is 26.0 Å². The summed E-state index contributed by atoms with van der Waals surface area (Å²) in [6.45, 7) is -0.166. The van der Waals surface area contributed by atoms with Crippen molar-refractivity contribution in [1.82, 2.24) is 4.90 Å². The lowest BCUT2D eigenvalue weighted by Crippen LogP contribution is -2.41. The largest absolute Gasteiger partial charge is 0.467 e. The van der Waals surface area contributed by atoms with Crippen LogP contribution in [0.3, 0.4) is 0 Å². The van der Waals surface area contributed by atoms with Crippen LogP contribution in [0, 0.1) is 5.41 Å². The van der Waals surface area contributed by atoms with E-state index in [1.54, 1.807) is 24.3 Å². The average molecular weight is 325 g/mol. The maximum absolute atomic E-state index is 13.6. The minimum Gasteiger partial charge on any atom is -0.467 e. The minimum absolute atomic E-state index is 0.0213. The van der Waals surface area contributed by atoms with Crippen LogP contribution in [0.5, 0.6) is 0 Å².